The van der Waals surface area contributed by atoms with Gasteiger partial charge < -0.3 is 5.92 Å². The summed E-state index contributed by atoms with van der Waals surface area (Å²) in [6.07, 6.45) is 16.8. The van der Waals surface area contributed by atoms with E-state index >= 15 is 0 Å². The highest BCUT2D eigenvalue weighted by Gasteiger charge is 1.52. The molecule has 0 atom stereocenters. The van der Waals surface area contributed by atoms with E-state index in [0.717, 1.165) is 0 Å². The van der Waals surface area contributed by atoms with Gasteiger partial charge in [-0.05, 0) is 73.4 Å². The highest BCUT2D eigenvalue weighted by molar-refractivity contribution is 5.36. The molecule has 0 bridgehead atoms. The monoisotopic (exact) mass is 281 g/mol. The minimum atomic E-state index is 1.71. The molecule has 0 spiro atoms. The molecule has 106 valence electrons. The maximum absolute atomic E-state index is 4.83. The van der Waals surface area contributed by atoms with Crippen LogP contribution >= 0.6 is 0 Å². The molecule has 0 radical (unpaired) electrons. The summed E-state index contributed by atoms with van der Waals surface area (Å²) in [7, 11) is 0. The summed E-state index contributed by atoms with van der Waals surface area (Å²) in [4.78, 5) is 0. The SMILES string of the molecule is C#CC#CC#C/C=C/C.C#CC#CC#C/C=C/C.[CH2-]C#CC. The number of terminal acetylenes is 2. The molecule has 0 aromatic carbocycles. The van der Waals surface area contributed by atoms with Crippen molar-refractivity contribution < 1.29 is 0 Å². The second-order valence-corrected chi connectivity index (χ2v) is 2.75. The second-order valence-electron chi connectivity index (χ2n) is 2.75. The molecular formula is C22H17-. The summed E-state index contributed by atoms with van der Waals surface area (Å²) >= 11 is 0. The lowest BCUT2D eigenvalue weighted by atomic mass is 10.5. The van der Waals surface area contributed by atoms with Gasteiger partial charge in [0.2, 0.25) is 0 Å². The van der Waals surface area contributed by atoms with Crippen molar-refractivity contribution in [3.8, 4) is 83.9 Å². The van der Waals surface area contributed by atoms with E-state index in [0.29, 0.717) is 0 Å². The first-order valence-corrected chi connectivity index (χ1v) is 6.08. The first-order chi connectivity index (χ1) is 10.7. The molecular weight excluding hydrogens is 264 g/mol. The lowest BCUT2D eigenvalue weighted by molar-refractivity contribution is 1.76. The lowest BCUT2D eigenvalue weighted by Gasteiger charge is -1.59. The minimum Gasteiger partial charge on any atom is -0.331 e. The summed E-state index contributed by atoms with van der Waals surface area (Å²) < 4.78 is 0. The third-order valence-corrected chi connectivity index (χ3v) is 1.22. The Morgan fingerprint density at radius 2 is 1.09 bits per heavy atom. The first kappa shape index (κ1) is 23.4. The average Bonchev–Trinajstić information content (AvgIpc) is 2.55. The van der Waals surface area contributed by atoms with Crippen molar-refractivity contribution in [1.82, 2.24) is 0 Å². The Balaban J connectivity index is -0.000000266. The summed E-state index contributed by atoms with van der Waals surface area (Å²) in [5.41, 5.74) is 0. The van der Waals surface area contributed by atoms with E-state index in [9.17, 15) is 0 Å². The zero-order chi connectivity index (χ0) is 17.3. The zero-order valence-electron chi connectivity index (χ0n) is 13.2. The molecule has 0 aliphatic rings. The van der Waals surface area contributed by atoms with Crippen molar-refractivity contribution in [3.63, 3.8) is 0 Å². The Kier molecular flexibility index (Phi) is 32.3. The molecule has 0 aliphatic carbocycles. The Morgan fingerprint density at radius 1 is 0.727 bits per heavy atom. The van der Waals surface area contributed by atoms with Crippen LogP contribution in [-0.4, -0.2) is 0 Å². The van der Waals surface area contributed by atoms with Gasteiger partial charge in [-0.3, -0.25) is 5.92 Å². The van der Waals surface area contributed by atoms with E-state index in [1.807, 2.05) is 26.0 Å². The van der Waals surface area contributed by atoms with E-state index in [4.69, 9.17) is 12.8 Å². The molecule has 0 heterocycles. The molecule has 0 nitrogen and oxygen atoms in total. The van der Waals surface area contributed by atoms with Crippen LogP contribution in [0.2, 0.25) is 0 Å². The van der Waals surface area contributed by atoms with Crippen LogP contribution in [0.25, 0.3) is 0 Å². The molecule has 0 N–H and O–H groups in total. The van der Waals surface area contributed by atoms with Crippen molar-refractivity contribution >= 4 is 0 Å². The van der Waals surface area contributed by atoms with Gasteiger partial charge >= 0.3 is 0 Å². The summed E-state index contributed by atoms with van der Waals surface area (Å²) in [5.74, 6) is 29.4. The molecule has 0 aromatic rings. The van der Waals surface area contributed by atoms with Crippen molar-refractivity contribution in [2.24, 2.45) is 0 Å². The highest BCUT2D eigenvalue weighted by Crippen LogP contribution is 1.63. The lowest BCUT2D eigenvalue weighted by Crippen LogP contribution is -1.49. The predicted molar refractivity (Wildman–Crippen MR) is 97.2 cm³/mol. The topological polar surface area (TPSA) is 0 Å². The Bertz CT molecular complexity index is 651. The predicted octanol–water partition coefficient (Wildman–Crippen LogP) is 3.25. The summed E-state index contributed by atoms with van der Waals surface area (Å²) in [6, 6.07) is 0. The number of rotatable bonds is 0. The highest BCUT2D eigenvalue weighted by atomic mass is 13.6. The zero-order valence-corrected chi connectivity index (χ0v) is 13.2. The van der Waals surface area contributed by atoms with Gasteiger partial charge in [-0.2, -0.15) is 6.92 Å². The molecule has 0 aromatic heterocycles. The van der Waals surface area contributed by atoms with Crippen molar-refractivity contribution in [3.05, 3.63) is 31.2 Å². The van der Waals surface area contributed by atoms with Gasteiger partial charge in [0.05, 0.1) is 0 Å². The van der Waals surface area contributed by atoms with Crippen LogP contribution in [0.1, 0.15) is 20.8 Å². The molecule has 0 saturated heterocycles. The maximum atomic E-state index is 4.83. The third-order valence-electron chi connectivity index (χ3n) is 1.22. The molecule has 0 amide bonds. The van der Waals surface area contributed by atoms with Crippen LogP contribution in [0, 0.1) is 90.8 Å². The smallest absolute Gasteiger partial charge is 0.000718 e. The number of allylic oxidation sites excluding steroid dienone is 4. The van der Waals surface area contributed by atoms with E-state index in [1.54, 1.807) is 19.1 Å². The average molecular weight is 281 g/mol. The Hall–Kier alpha value is -3.73. The van der Waals surface area contributed by atoms with Gasteiger partial charge in [0.25, 0.3) is 0 Å². The van der Waals surface area contributed by atoms with Crippen LogP contribution in [0.15, 0.2) is 24.3 Å². The van der Waals surface area contributed by atoms with Crippen LogP contribution in [0.5, 0.6) is 0 Å². The van der Waals surface area contributed by atoms with Crippen molar-refractivity contribution in [1.29, 1.82) is 0 Å². The Morgan fingerprint density at radius 3 is 1.32 bits per heavy atom. The standard InChI is InChI=1S/2C9H6.C4H5/c2*1-3-5-7-9-8-6-4-2;1-3-4-2/h2*1,4,6H,2H3;1H2,2H3/q;;-1/b2*6-4+;. The van der Waals surface area contributed by atoms with E-state index in [1.165, 1.54) is 0 Å². The molecule has 0 unspecified atom stereocenters. The second kappa shape index (κ2) is 30.4. The third kappa shape index (κ3) is 44.1. The van der Waals surface area contributed by atoms with E-state index in [2.05, 4.69) is 78.0 Å². The van der Waals surface area contributed by atoms with Crippen LogP contribution in [0.4, 0.5) is 0 Å². The number of hydrogen-bond acceptors (Lipinski definition) is 0. The quantitative estimate of drug-likeness (QED) is 0.472. The fourth-order valence-corrected chi connectivity index (χ4v) is 0.457. The fourth-order valence-electron chi connectivity index (χ4n) is 0.457. The van der Waals surface area contributed by atoms with Gasteiger partial charge in [0.1, 0.15) is 0 Å². The van der Waals surface area contributed by atoms with Crippen molar-refractivity contribution in [2.45, 2.75) is 20.8 Å². The molecule has 0 aliphatic heterocycles. The van der Waals surface area contributed by atoms with Gasteiger partial charge in [0, 0.05) is 0 Å². The normalized spacial score (nSPS) is 5.68. The molecule has 0 rings (SSSR count). The maximum Gasteiger partial charge on any atom is -0.000718 e. The largest absolute Gasteiger partial charge is 0.331 e. The molecule has 0 heteroatoms. The van der Waals surface area contributed by atoms with Gasteiger partial charge in [-0.1, -0.05) is 30.9 Å². The van der Waals surface area contributed by atoms with Gasteiger partial charge in [-0.15, -0.1) is 12.8 Å². The van der Waals surface area contributed by atoms with Crippen molar-refractivity contribution in [2.75, 3.05) is 0 Å². The molecule has 22 heavy (non-hydrogen) atoms. The van der Waals surface area contributed by atoms with E-state index in [-0.39, 0.29) is 0 Å². The molecule has 0 saturated carbocycles. The van der Waals surface area contributed by atoms with Crippen LogP contribution in [0.3, 0.4) is 0 Å². The van der Waals surface area contributed by atoms with Crippen LogP contribution < -0.4 is 0 Å². The van der Waals surface area contributed by atoms with Crippen LogP contribution in [-0.2, 0) is 0 Å². The van der Waals surface area contributed by atoms with Gasteiger partial charge in [0.15, 0.2) is 0 Å². The summed E-state index contributed by atoms with van der Waals surface area (Å²) in [5, 5.41) is 0. The van der Waals surface area contributed by atoms with Gasteiger partial charge in [-0.25, -0.2) is 0 Å². The van der Waals surface area contributed by atoms with E-state index < -0.39 is 0 Å². The fraction of sp³-hybridized carbons (Fsp3) is 0.136. The summed E-state index contributed by atoms with van der Waals surface area (Å²) in [6.45, 7) is 8.78. The number of hydrogen-bond donors (Lipinski definition) is 0. The molecule has 0 fully saturated rings. The minimum absolute atomic E-state index is 1.71. The first-order valence-electron chi connectivity index (χ1n) is 6.08. The Labute approximate surface area is 136 Å².